The molecule has 4 nitrogen and oxygen atoms in total. The van der Waals surface area contributed by atoms with E-state index in [-0.39, 0.29) is 29.6 Å². The molecule has 1 aliphatic heterocycles. The molecule has 20 heavy (non-hydrogen) atoms. The summed E-state index contributed by atoms with van der Waals surface area (Å²) in [6, 6.07) is 4.59. The van der Waals surface area contributed by atoms with Gasteiger partial charge in [0.25, 0.3) is 0 Å². The fraction of sp³-hybridized carbons (Fsp3) is 0.533. The second-order valence-electron chi connectivity index (χ2n) is 4.82. The van der Waals surface area contributed by atoms with Crippen LogP contribution in [0.25, 0.3) is 0 Å². The number of benzene rings is 1. The third-order valence-electron chi connectivity index (χ3n) is 3.45. The molecule has 0 unspecified atom stereocenters. The van der Waals surface area contributed by atoms with Crippen LogP contribution < -0.4 is 10.1 Å². The van der Waals surface area contributed by atoms with Gasteiger partial charge in [-0.05, 0) is 38.1 Å². The molecule has 1 aromatic rings. The van der Waals surface area contributed by atoms with Crippen molar-refractivity contribution in [2.75, 3.05) is 26.8 Å². The molecule has 0 amide bonds. The van der Waals surface area contributed by atoms with Gasteiger partial charge in [0.1, 0.15) is 0 Å². The molecule has 1 fully saturated rings. The first-order chi connectivity index (χ1) is 9.72. The first-order valence-corrected chi connectivity index (χ1v) is 6.90. The number of ether oxygens (including phenoxy) is 2. The van der Waals surface area contributed by atoms with Gasteiger partial charge in [0.2, 0.25) is 0 Å². The van der Waals surface area contributed by atoms with Gasteiger partial charge in [-0.2, -0.15) is 0 Å². The number of nitrogens with one attached hydrogen (secondary N) is 1. The summed E-state index contributed by atoms with van der Waals surface area (Å²) < 4.78 is 24.4. The first-order valence-electron chi connectivity index (χ1n) is 6.90. The molecule has 1 N–H and O–H groups in total. The highest BCUT2D eigenvalue weighted by molar-refractivity contribution is 5.96. The van der Waals surface area contributed by atoms with E-state index in [9.17, 15) is 9.18 Å². The molecule has 1 heterocycles. The van der Waals surface area contributed by atoms with E-state index >= 15 is 0 Å². The van der Waals surface area contributed by atoms with Gasteiger partial charge < -0.3 is 14.8 Å². The van der Waals surface area contributed by atoms with Gasteiger partial charge in [0, 0.05) is 6.42 Å². The third-order valence-corrected chi connectivity index (χ3v) is 3.45. The smallest absolute Gasteiger partial charge is 0.175 e. The Hall–Kier alpha value is -1.46. The highest BCUT2D eigenvalue weighted by atomic mass is 19.1. The molecule has 1 aromatic carbocycles. The average Bonchev–Trinajstić information content (AvgIpc) is 2.48. The lowest BCUT2D eigenvalue weighted by Gasteiger charge is -2.22. The fourth-order valence-corrected chi connectivity index (χ4v) is 2.30. The van der Waals surface area contributed by atoms with Crippen molar-refractivity contribution in [1.82, 2.24) is 5.32 Å². The van der Waals surface area contributed by atoms with Crippen molar-refractivity contribution in [3.63, 3.8) is 0 Å². The Morgan fingerprint density at radius 2 is 2.15 bits per heavy atom. The number of Topliss-reactive ketones (excluding diaryl/α,β-unsaturated/α-hetero) is 1. The Kier molecular flexibility index (Phi) is 5.49. The highest BCUT2D eigenvalue weighted by Gasteiger charge is 2.17. The minimum atomic E-state index is -0.595. The fourth-order valence-electron chi connectivity index (χ4n) is 2.30. The summed E-state index contributed by atoms with van der Waals surface area (Å²) in [5, 5.41) is 3.25. The second kappa shape index (κ2) is 7.36. The lowest BCUT2D eigenvalue weighted by molar-refractivity contribution is 0.0313. The van der Waals surface area contributed by atoms with Crippen LogP contribution in [-0.4, -0.2) is 38.7 Å². The maximum Gasteiger partial charge on any atom is 0.175 e. The predicted octanol–water partition coefficient (Wildman–Crippen LogP) is 2.18. The monoisotopic (exact) mass is 281 g/mol. The molecule has 110 valence electrons. The van der Waals surface area contributed by atoms with Crippen LogP contribution in [0, 0.1) is 5.82 Å². The van der Waals surface area contributed by atoms with Crippen LogP contribution in [0.5, 0.6) is 5.75 Å². The van der Waals surface area contributed by atoms with Crippen molar-refractivity contribution in [2.24, 2.45) is 0 Å². The van der Waals surface area contributed by atoms with Crippen LogP contribution in [0.4, 0.5) is 4.39 Å². The van der Waals surface area contributed by atoms with E-state index in [0.29, 0.717) is 6.61 Å². The number of hydrogen-bond acceptors (Lipinski definition) is 4. The first kappa shape index (κ1) is 14.9. The van der Waals surface area contributed by atoms with Crippen LogP contribution in [-0.2, 0) is 4.74 Å². The molecule has 5 heteroatoms. The largest absolute Gasteiger partial charge is 0.494 e. The van der Waals surface area contributed by atoms with Crippen LogP contribution in [0.15, 0.2) is 18.2 Å². The van der Waals surface area contributed by atoms with Crippen molar-refractivity contribution in [3.8, 4) is 5.75 Å². The summed E-state index contributed by atoms with van der Waals surface area (Å²) in [6.45, 7) is 2.23. The van der Waals surface area contributed by atoms with Crippen LogP contribution in [0.1, 0.15) is 29.6 Å². The highest BCUT2D eigenvalue weighted by Crippen LogP contribution is 2.21. The molecule has 1 saturated heterocycles. The van der Waals surface area contributed by atoms with E-state index in [0.717, 1.165) is 25.9 Å². The van der Waals surface area contributed by atoms with Crippen molar-refractivity contribution < 1.29 is 18.7 Å². The van der Waals surface area contributed by atoms with Gasteiger partial charge in [-0.3, -0.25) is 4.79 Å². The molecule has 0 spiro atoms. The molecule has 0 aliphatic carbocycles. The maximum atomic E-state index is 13.9. The van der Waals surface area contributed by atoms with E-state index in [4.69, 9.17) is 9.47 Å². The lowest BCUT2D eigenvalue weighted by Crippen LogP contribution is -2.32. The molecule has 1 aliphatic rings. The van der Waals surface area contributed by atoms with Gasteiger partial charge in [-0.25, -0.2) is 4.39 Å². The number of rotatable bonds is 6. The van der Waals surface area contributed by atoms with E-state index < -0.39 is 5.82 Å². The minimum absolute atomic E-state index is 0.0678. The Bertz CT molecular complexity index is 458. The standard InChI is InChI=1S/C15H20FNO3/c1-19-14-4-2-3-12(15(14)16)13(18)7-10-20-11-5-8-17-9-6-11/h2-4,11,17H,5-10H2,1H3. The van der Waals surface area contributed by atoms with Gasteiger partial charge in [0.05, 0.1) is 25.4 Å². The number of piperidine rings is 1. The zero-order valence-electron chi connectivity index (χ0n) is 11.7. The van der Waals surface area contributed by atoms with Gasteiger partial charge in [0.15, 0.2) is 17.3 Å². The molecule has 0 radical (unpaired) electrons. The molecule has 0 saturated carbocycles. The Labute approximate surface area is 118 Å². The molecule has 2 rings (SSSR count). The number of hydrogen-bond donors (Lipinski definition) is 1. The van der Waals surface area contributed by atoms with Crippen molar-refractivity contribution >= 4 is 5.78 Å². The van der Waals surface area contributed by atoms with Crippen LogP contribution >= 0.6 is 0 Å². The maximum absolute atomic E-state index is 13.9. The Morgan fingerprint density at radius 1 is 1.40 bits per heavy atom. The van der Waals surface area contributed by atoms with E-state index in [1.165, 1.54) is 19.2 Å². The van der Waals surface area contributed by atoms with E-state index in [1.807, 2.05) is 0 Å². The minimum Gasteiger partial charge on any atom is -0.494 e. The molecular weight excluding hydrogens is 261 g/mol. The zero-order valence-corrected chi connectivity index (χ0v) is 11.7. The van der Waals surface area contributed by atoms with Crippen molar-refractivity contribution in [1.29, 1.82) is 0 Å². The summed E-state index contributed by atoms with van der Waals surface area (Å²) in [6.07, 6.45) is 2.32. The molecular formula is C15H20FNO3. The second-order valence-corrected chi connectivity index (χ2v) is 4.82. The summed E-state index contributed by atoms with van der Waals surface area (Å²) in [5.74, 6) is -0.757. The summed E-state index contributed by atoms with van der Waals surface area (Å²) in [4.78, 5) is 12.0. The number of carbonyl (C=O) groups excluding carboxylic acids is 1. The zero-order chi connectivity index (χ0) is 14.4. The van der Waals surface area contributed by atoms with Gasteiger partial charge >= 0.3 is 0 Å². The Morgan fingerprint density at radius 3 is 2.85 bits per heavy atom. The van der Waals surface area contributed by atoms with Gasteiger partial charge in [-0.15, -0.1) is 0 Å². The number of carbonyl (C=O) groups is 1. The SMILES string of the molecule is COc1cccc(C(=O)CCOC2CCNCC2)c1F. The Balaban J connectivity index is 1.85. The third kappa shape index (κ3) is 3.77. The van der Waals surface area contributed by atoms with Crippen molar-refractivity contribution in [3.05, 3.63) is 29.6 Å². The average molecular weight is 281 g/mol. The molecule has 0 aromatic heterocycles. The number of halogens is 1. The van der Waals surface area contributed by atoms with Gasteiger partial charge in [-0.1, -0.05) is 6.07 Å². The number of methoxy groups -OCH3 is 1. The van der Waals surface area contributed by atoms with Crippen LogP contribution in [0.3, 0.4) is 0 Å². The van der Waals surface area contributed by atoms with E-state index in [2.05, 4.69) is 5.32 Å². The summed E-state index contributed by atoms with van der Waals surface area (Å²) in [7, 11) is 1.38. The lowest BCUT2D eigenvalue weighted by atomic mass is 10.1. The van der Waals surface area contributed by atoms with Crippen LogP contribution in [0.2, 0.25) is 0 Å². The molecule has 0 bridgehead atoms. The predicted molar refractivity (Wildman–Crippen MR) is 73.7 cm³/mol. The summed E-state index contributed by atoms with van der Waals surface area (Å²) >= 11 is 0. The molecule has 0 atom stereocenters. The topological polar surface area (TPSA) is 47.6 Å². The summed E-state index contributed by atoms with van der Waals surface area (Å²) in [5.41, 5.74) is 0.0678. The number of ketones is 1. The van der Waals surface area contributed by atoms with E-state index in [1.54, 1.807) is 6.07 Å². The normalized spacial score (nSPS) is 16.1. The quantitative estimate of drug-likeness (QED) is 0.812. The van der Waals surface area contributed by atoms with Crippen molar-refractivity contribution in [2.45, 2.75) is 25.4 Å².